The Bertz CT molecular complexity index is 1330. The third kappa shape index (κ3) is 4.45. The minimum absolute atomic E-state index is 0.0905. The minimum Gasteiger partial charge on any atom is -0.258 e. The Hall–Kier alpha value is -2.85. The standard InChI is InChI=1S/C21H23N3O5S2/c1-14-6-9-17(10-7-14)31(28,29)23-13-19(15(2)22-30(27)21(3,4)5)18-12-16(24(25)26)8-11-20(18)23/h6-13H,1-5H3/b22-15+/t30-/m1/s1. The molecule has 0 unspecified atom stereocenters. The fraction of sp³-hybridized carbons (Fsp3) is 0.286. The molecule has 1 aromatic heterocycles. The Morgan fingerprint density at radius 1 is 1.13 bits per heavy atom. The molecule has 1 heterocycles. The molecule has 164 valence electrons. The molecule has 0 aliphatic carbocycles. The molecule has 3 aromatic rings. The first-order chi connectivity index (χ1) is 14.3. The number of aromatic nitrogens is 1. The van der Waals surface area contributed by atoms with E-state index in [-0.39, 0.29) is 16.1 Å². The molecule has 0 saturated heterocycles. The molecule has 1 atom stereocenters. The lowest BCUT2D eigenvalue weighted by atomic mass is 10.1. The van der Waals surface area contributed by atoms with E-state index in [2.05, 4.69) is 4.40 Å². The van der Waals surface area contributed by atoms with Crippen LogP contribution in [0.1, 0.15) is 38.8 Å². The monoisotopic (exact) mass is 461 g/mol. The summed E-state index contributed by atoms with van der Waals surface area (Å²) >= 11 is 0. The fourth-order valence-corrected chi connectivity index (χ4v) is 4.91. The van der Waals surface area contributed by atoms with E-state index in [0.717, 1.165) is 9.54 Å². The van der Waals surface area contributed by atoms with Gasteiger partial charge in [0.05, 0.1) is 25.8 Å². The van der Waals surface area contributed by atoms with Crippen LogP contribution in [0, 0.1) is 17.0 Å². The van der Waals surface area contributed by atoms with Crippen molar-refractivity contribution in [2.24, 2.45) is 4.40 Å². The zero-order valence-corrected chi connectivity index (χ0v) is 19.5. The molecular weight excluding hydrogens is 438 g/mol. The van der Waals surface area contributed by atoms with E-state index < -0.39 is 30.7 Å². The highest BCUT2D eigenvalue weighted by Gasteiger charge is 2.25. The summed E-state index contributed by atoms with van der Waals surface area (Å²) in [7, 11) is -5.55. The molecular formula is C21H23N3O5S2. The lowest BCUT2D eigenvalue weighted by Gasteiger charge is -2.13. The Morgan fingerprint density at radius 2 is 1.74 bits per heavy atom. The van der Waals surface area contributed by atoms with Crippen molar-refractivity contribution in [1.82, 2.24) is 3.97 Å². The van der Waals surface area contributed by atoms with Crippen molar-refractivity contribution < 1.29 is 17.6 Å². The van der Waals surface area contributed by atoms with Crippen LogP contribution in [0.2, 0.25) is 0 Å². The van der Waals surface area contributed by atoms with Crippen LogP contribution in [-0.4, -0.2) is 32.0 Å². The lowest BCUT2D eigenvalue weighted by molar-refractivity contribution is -0.384. The third-order valence-corrected chi connectivity index (χ3v) is 7.85. The normalized spacial score (nSPS) is 14.0. The van der Waals surface area contributed by atoms with Crippen LogP contribution in [0.4, 0.5) is 5.69 Å². The highest BCUT2D eigenvalue weighted by molar-refractivity contribution is 7.90. The zero-order valence-electron chi connectivity index (χ0n) is 17.8. The number of rotatable bonds is 5. The van der Waals surface area contributed by atoms with Gasteiger partial charge in [-0.15, -0.1) is 0 Å². The Balaban J connectivity index is 2.29. The maximum Gasteiger partial charge on any atom is 0.270 e. The Labute approximate surface area is 183 Å². The number of hydrogen-bond acceptors (Lipinski definition) is 5. The van der Waals surface area contributed by atoms with Gasteiger partial charge in [0.1, 0.15) is 11.0 Å². The first-order valence-electron chi connectivity index (χ1n) is 9.42. The molecule has 31 heavy (non-hydrogen) atoms. The minimum atomic E-state index is -3.97. The van der Waals surface area contributed by atoms with Crippen molar-refractivity contribution in [1.29, 1.82) is 0 Å². The van der Waals surface area contributed by atoms with Gasteiger partial charge < -0.3 is 0 Å². The van der Waals surface area contributed by atoms with Gasteiger partial charge in [0.2, 0.25) is 0 Å². The molecule has 0 amide bonds. The van der Waals surface area contributed by atoms with Crippen molar-refractivity contribution in [3.05, 3.63) is 69.9 Å². The molecule has 2 aromatic carbocycles. The summed E-state index contributed by atoms with van der Waals surface area (Å²) in [5.41, 5.74) is 1.71. The van der Waals surface area contributed by atoms with Crippen molar-refractivity contribution >= 4 is 43.3 Å². The quantitative estimate of drug-likeness (QED) is 0.318. The summed E-state index contributed by atoms with van der Waals surface area (Å²) in [6.45, 7) is 8.79. The molecule has 0 aliphatic heterocycles. The first kappa shape index (κ1) is 22.8. The number of nitro benzene ring substituents is 1. The summed E-state index contributed by atoms with van der Waals surface area (Å²) in [6, 6.07) is 10.4. The fourth-order valence-electron chi connectivity index (χ4n) is 2.92. The van der Waals surface area contributed by atoms with Crippen LogP contribution < -0.4 is 0 Å². The maximum absolute atomic E-state index is 13.3. The van der Waals surface area contributed by atoms with E-state index in [1.807, 2.05) is 6.92 Å². The zero-order chi connectivity index (χ0) is 23.1. The number of hydrogen-bond donors (Lipinski definition) is 0. The van der Waals surface area contributed by atoms with Crippen molar-refractivity contribution in [3.63, 3.8) is 0 Å². The molecule has 10 heteroatoms. The molecule has 0 N–H and O–H groups in total. The number of non-ortho nitro benzene ring substituents is 1. The second kappa shape index (κ2) is 8.01. The third-order valence-electron chi connectivity index (χ3n) is 4.68. The molecule has 3 rings (SSSR count). The smallest absolute Gasteiger partial charge is 0.258 e. The van der Waals surface area contributed by atoms with Gasteiger partial charge >= 0.3 is 0 Å². The van der Waals surface area contributed by atoms with Gasteiger partial charge in [-0.3, -0.25) is 10.1 Å². The van der Waals surface area contributed by atoms with Gasteiger partial charge in [-0.2, -0.15) is 4.40 Å². The van der Waals surface area contributed by atoms with E-state index in [0.29, 0.717) is 16.7 Å². The number of benzene rings is 2. The average Bonchev–Trinajstić information content (AvgIpc) is 3.07. The molecule has 0 spiro atoms. The second-order valence-corrected chi connectivity index (χ2v) is 11.9. The maximum atomic E-state index is 13.3. The van der Waals surface area contributed by atoms with E-state index in [9.17, 15) is 22.7 Å². The number of nitrogens with zero attached hydrogens (tertiary/aromatic N) is 3. The second-order valence-electron chi connectivity index (χ2n) is 8.15. The van der Waals surface area contributed by atoms with E-state index in [1.54, 1.807) is 39.8 Å². The van der Waals surface area contributed by atoms with E-state index in [1.165, 1.54) is 36.5 Å². The molecule has 8 nitrogen and oxygen atoms in total. The molecule has 0 bridgehead atoms. The summed E-state index contributed by atoms with van der Waals surface area (Å²) < 4.78 is 43.9. The summed E-state index contributed by atoms with van der Waals surface area (Å²) in [5.74, 6) is 0. The van der Waals surface area contributed by atoms with Crippen LogP contribution in [0.25, 0.3) is 10.9 Å². The molecule has 0 radical (unpaired) electrons. The topological polar surface area (TPSA) is 112 Å². The van der Waals surface area contributed by atoms with Crippen LogP contribution in [0.5, 0.6) is 0 Å². The van der Waals surface area contributed by atoms with Gasteiger partial charge in [-0.25, -0.2) is 16.6 Å². The SMILES string of the molecule is C/C(=N\[S@](=O)C(C)(C)C)c1cn(S(=O)(=O)c2ccc(C)cc2)c2ccc([N+](=O)[O-])cc12. The molecule has 0 saturated carbocycles. The van der Waals surface area contributed by atoms with Crippen LogP contribution in [-0.2, 0) is 21.0 Å². The predicted octanol–water partition coefficient (Wildman–Crippen LogP) is 4.37. The van der Waals surface area contributed by atoms with Crippen LogP contribution in [0.3, 0.4) is 0 Å². The van der Waals surface area contributed by atoms with Crippen molar-refractivity contribution in [2.45, 2.75) is 44.3 Å². The summed E-state index contributed by atoms with van der Waals surface area (Å²) in [5, 5.41) is 11.6. The van der Waals surface area contributed by atoms with Gasteiger partial charge in [0.25, 0.3) is 15.7 Å². The van der Waals surface area contributed by atoms with E-state index in [4.69, 9.17) is 0 Å². The molecule has 0 aliphatic rings. The largest absolute Gasteiger partial charge is 0.270 e. The predicted molar refractivity (Wildman–Crippen MR) is 122 cm³/mol. The lowest BCUT2D eigenvalue weighted by Crippen LogP contribution is -2.20. The summed E-state index contributed by atoms with van der Waals surface area (Å²) in [4.78, 5) is 10.8. The van der Waals surface area contributed by atoms with E-state index >= 15 is 0 Å². The van der Waals surface area contributed by atoms with Crippen LogP contribution in [0.15, 0.2) is 58.0 Å². The number of fused-ring (bicyclic) bond motifs is 1. The highest BCUT2D eigenvalue weighted by atomic mass is 32.2. The number of aryl methyl sites for hydroxylation is 1. The Kier molecular flexibility index (Phi) is 5.90. The Morgan fingerprint density at radius 3 is 2.29 bits per heavy atom. The average molecular weight is 462 g/mol. The number of nitro groups is 1. The van der Waals surface area contributed by atoms with Gasteiger partial charge in [-0.05, 0) is 52.8 Å². The van der Waals surface area contributed by atoms with Crippen molar-refractivity contribution in [3.8, 4) is 0 Å². The summed E-state index contributed by atoms with van der Waals surface area (Å²) in [6.07, 6.45) is 1.38. The first-order valence-corrected chi connectivity index (χ1v) is 12.0. The van der Waals surface area contributed by atoms with Crippen molar-refractivity contribution in [2.75, 3.05) is 0 Å². The van der Waals surface area contributed by atoms with Gasteiger partial charge in [-0.1, -0.05) is 17.7 Å². The molecule has 0 fully saturated rings. The van der Waals surface area contributed by atoms with Gasteiger partial charge in [0, 0.05) is 29.3 Å². The van der Waals surface area contributed by atoms with Gasteiger partial charge in [0.15, 0.2) is 0 Å². The van der Waals surface area contributed by atoms with Crippen LogP contribution >= 0.6 is 0 Å². The highest BCUT2D eigenvalue weighted by Crippen LogP contribution is 2.30.